The molecule has 0 aromatic heterocycles. The van der Waals surface area contributed by atoms with E-state index in [0.717, 1.165) is 0 Å². The van der Waals surface area contributed by atoms with Crippen molar-refractivity contribution in [2.45, 2.75) is 0 Å². The number of hydrogen-bond donors (Lipinski definition) is 0. The van der Waals surface area contributed by atoms with Gasteiger partial charge in [-0.2, -0.15) is 0 Å². The maximum Gasteiger partial charge on any atom is 0.332 e. The van der Waals surface area contributed by atoms with Crippen LogP contribution >= 0.6 is 20.2 Å². The maximum atomic E-state index is 5.73. The van der Waals surface area contributed by atoms with E-state index in [4.69, 9.17) is 25.2 Å². The Bertz CT molecular complexity index is 121. The molecule has 3 saturated heterocycles. The molecule has 10 heavy (non-hydrogen) atoms. The summed E-state index contributed by atoms with van der Waals surface area (Å²) in [5, 5.41) is 0. The van der Waals surface area contributed by atoms with Crippen LogP contribution in [0, 0.1) is 5.41 Å². The van der Waals surface area contributed by atoms with Gasteiger partial charge in [0.15, 0.2) is 0 Å². The van der Waals surface area contributed by atoms with E-state index >= 15 is 0 Å². The van der Waals surface area contributed by atoms with E-state index in [-0.39, 0.29) is 5.41 Å². The molecule has 58 valence electrons. The molecule has 3 rings (SSSR count). The van der Waals surface area contributed by atoms with Crippen molar-refractivity contribution < 1.29 is 13.6 Å². The first-order valence-corrected chi connectivity index (χ1v) is 4.73. The van der Waals surface area contributed by atoms with Gasteiger partial charge in [-0.3, -0.25) is 0 Å². The van der Waals surface area contributed by atoms with Crippen molar-refractivity contribution in [1.82, 2.24) is 0 Å². The lowest BCUT2D eigenvalue weighted by molar-refractivity contribution is -0.0597. The van der Waals surface area contributed by atoms with Crippen molar-refractivity contribution in [3.05, 3.63) is 0 Å². The van der Waals surface area contributed by atoms with Crippen LogP contribution in [0.3, 0.4) is 0 Å². The van der Waals surface area contributed by atoms with Crippen molar-refractivity contribution in [3.63, 3.8) is 0 Å². The third kappa shape index (κ3) is 1.06. The maximum absolute atomic E-state index is 5.73. The standard InChI is InChI=1S/C5H8ClO3P/c6-1-5-2-7-10(8-3-5)9-4-5/h1-4H2. The largest absolute Gasteiger partial charge is 0.332 e. The van der Waals surface area contributed by atoms with Crippen LogP contribution in [0.2, 0.25) is 0 Å². The molecule has 3 nitrogen and oxygen atoms in total. The summed E-state index contributed by atoms with van der Waals surface area (Å²) in [5.74, 6) is 0.552. The highest BCUT2D eigenvalue weighted by Gasteiger charge is 2.44. The van der Waals surface area contributed by atoms with Crippen LogP contribution < -0.4 is 0 Å². The Morgan fingerprint density at radius 3 is 2.00 bits per heavy atom. The van der Waals surface area contributed by atoms with Crippen LogP contribution in [0.15, 0.2) is 0 Å². The number of rotatable bonds is 1. The molecule has 0 aliphatic carbocycles. The minimum absolute atomic E-state index is 0.0569. The van der Waals surface area contributed by atoms with E-state index in [9.17, 15) is 0 Å². The van der Waals surface area contributed by atoms with Gasteiger partial charge in [0.2, 0.25) is 0 Å². The number of alkyl halides is 1. The molecule has 0 unspecified atom stereocenters. The zero-order valence-electron chi connectivity index (χ0n) is 5.38. The summed E-state index contributed by atoms with van der Waals surface area (Å²) in [6.07, 6.45) is 0. The lowest BCUT2D eigenvalue weighted by Gasteiger charge is -2.42. The Kier molecular flexibility index (Phi) is 1.87. The Balaban J connectivity index is 2.08. The van der Waals surface area contributed by atoms with Crippen molar-refractivity contribution in [2.24, 2.45) is 5.41 Å². The quantitative estimate of drug-likeness (QED) is 0.455. The number of hydrogen-bond acceptors (Lipinski definition) is 3. The molecule has 0 atom stereocenters. The zero-order valence-corrected chi connectivity index (χ0v) is 7.03. The van der Waals surface area contributed by atoms with E-state index in [1.54, 1.807) is 0 Å². The average Bonchev–Trinajstić information content (AvgIpc) is 2.08. The highest BCUT2D eigenvalue weighted by Crippen LogP contribution is 2.53. The molecule has 0 radical (unpaired) electrons. The van der Waals surface area contributed by atoms with Gasteiger partial charge >= 0.3 is 8.60 Å². The van der Waals surface area contributed by atoms with E-state index in [2.05, 4.69) is 0 Å². The second-order valence-corrected chi connectivity index (χ2v) is 4.17. The smallest absolute Gasteiger partial charge is 0.311 e. The van der Waals surface area contributed by atoms with Gasteiger partial charge in [0.05, 0.1) is 25.2 Å². The van der Waals surface area contributed by atoms with Crippen LogP contribution in [-0.4, -0.2) is 25.7 Å². The molecule has 0 N–H and O–H groups in total. The highest BCUT2D eigenvalue weighted by molar-refractivity contribution is 7.41. The third-order valence-electron chi connectivity index (χ3n) is 1.71. The lowest BCUT2D eigenvalue weighted by atomic mass is 9.94. The van der Waals surface area contributed by atoms with Gasteiger partial charge in [0.1, 0.15) is 0 Å². The van der Waals surface area contributed by atoms with Crippen molar-refractivity contribution >= 4 is 20.2 Å². The van der Waals surface area contributed by atoms with Crippen LogP contribution in [0.5, 0.6) is 0 Å². The average molecular weight is 183 g/mol. The Morgan fingerprint density at radius 2 is 1.70 bits per heavy atom. The lowest BCUT2D eigenvalue weighted by Crippen LogP contribution is -2.44. The Labute approximate surface area is 65.6 Å². The first-order valence-electron chi connectivity index (χ1n) is 3.10. The molecule has 0 aromatic rings. The second-order valence-electron chi connectivity index (χ2n) is 2.68. The molecule has 0 saturated carbocycles. The van der Waals surface area contributed by atoms with E-state index in [1.165, 1.54) is 0 Å². The molecule has 3 heterocycles. The summed E-state index contributed by atoms with van der Waals surface area (Å²) >= 11 is 5.73. The number of fused-ring (bicyclic) bond motifs is 3. The van der Waals surface area contributed by atoms with Gasteiger partial charge in [-0.05, 0) is 0 Å². The summed E-state index contributed by atoms with van der Waals surface area (Å²) in [6.45, 7) is 2.09. The van der Waals surface area contributed by atoms with Gasteiger partial charge in [0.25, 0.3) is 0 Å². The molecular weight excluding hydrogens is 174 g/mol. The SMILES string of the molecule is ClCC12COP(OC1)OC2. The Hall–Kier alpha value is 0.600. The summed E-state index contributed by atoms with van der Waals surface area (Å²) in [7, 11) is -1.000. The van der Waals surface area contributed by atoms with E-state index in [1.807, 2.05) is 0 Å². The molecular formula is C5H8ClO3P. The minimum atomic E-state index is -1.000. The van der Waals surface area contributed by atoms with Crippen LogP contribution in [0.1, 0.15) is 0 Å². The summed E-state index contributed by atoms with van der Waals surface area (Å²) in [6, 6.07) is 0. The molecule has 0 amide bonds. The van der Waals surface area contributed by atoms with Crippen molar-refractivity contribution in [2.75, 3.05) is 25.7 Å². The van der Waals surface area contributed by atoms with Gasteiger partial charge in [0, 0.05) is 5.88 Å². The van der Waals surface area contributed by atoms with Gasteiger partial charge in [-0.15, -0.1) is 11.6 Å². The number of halogens is 1. The van der Waals surface area contributed by atoms with Gasteiger partial charge in [-0.1, -0.05) is 0 Å². The minimum Gasteiger partial charge on any atom is -0.311 e. The molecule has 0 spiro atoms. The van der Waals surface area contributed by atoms with Gasteiger partial charge in [-0.25, -0.2) is 0 Å². The molecule has 3 aliphatic heterocycles. The van der Waals surface area contributed by atoms with Gasteiger partial charge < -0.3 is 13.6 Å². The molecule has 2 bridgehead atoms. The fraction of sp³-hybridized carbons (Fsp3) is 1.00. The third-order valence-corrected chi connectivity index (χ3v) is 3.30. The normalized spacial score (nSPS) is 45.9. The van der Waals surface area contributed by atoms with Crippen molar-refractivity contribution in [1.29, 1.82) is 0 Å². The molecule has 5 heteroatoms. The predicted molar refractivity (Wildman–Crippen MR) is 37.9 cm³/mol. The first-order chi connectivity index (χ1) is 4.85. The fourth-order valence-electron chi connectivity index (χ4n) is 0.921. The molecule has 3 fully saturated rings. The topological polar surface area (TPSA) is 27.7 Å². The van der Waals surface area contributed by atoms with E-state index < -0.39 is 8.60 Å². The van der Waals surface area contributed by atoms with Crippen LogP contribution in [0.25, 0.3) is 0 Å². The summed E-state index contributed by atoms with van der Waals surface area (Å²) in [4.78, 5) is 0. The first kappa shape index (κ1) is 7.26. The molecule has 0 aromatic carbocycles. The molecule has 3 aliphatic rings. The zero-order chi connectivity index (χ0) is 7.03. The van der Waals surface area contributed by atoms with Crippen molar-refractivity contribution in [3.8, 4) is 0 Å². The predicted octanol–water partition coefficient (Wildman–Crippen LogP) is 1.52. The van der Waals surface area contributed by atoms with Crippen LogP contribution in [0.4, 0.5) is 0 Å². The second kappa shape index (κ2) is 2.58. The van der Waals surface area contributed by atoms with Crippen LogP contribution in [-0.2, 0) is 13.6 Å². The highest BCUT2D eigenvalue weighted by atomic mass is 35.5. The monoisotopic (exact) mass is 182 g/mol. The summed E-state index contributed by atoms with van der Waals surface area (Å²) < 4.78 is 15.6. The van der Waals surface area contributed by atoms with E-state index in [0.29, 0.717) is 25.7 Å². The summed E-state index contributed by atoms with van der Waals surface area (Å²) in [5.41, 5.74) is -0.0569. The Morgan fingerprint density at radius 1 is 1.20 bits per heavy atom. The fourth-order valence-corrected chi connectivity index (χ4v) is 2.51.